The molecule has 0 aliphatic heterocycles. The van der Waals surface area contributed by atoms with Gasteiger partial charge in [-0.05, 0) is 0 Å². The van der Waals surface area contributed by atoms with E-state index in [4.69, 9.17) is 0 Å². The largest absolute Gasteiger partial charge is 0.359 e. The van der Waals surface area contributed by atoms with Crippen LogP contribution in [-0.2, 0) is 0 Å². The molecular weight excluding hydrogens is 229 g/mol. The first-order chi connectivity index (χ1) is 5.81. The third-order valence-electron chi connectivity index (χ3n) is 1.53. The van der Waals surface area contributed by atoms with E-state index in [9.17, 15) is 4.79 Å². The van der Waals surface area contributed by atoms with E-state index < -0.39 is 0 Å². The molecule has 0 aliphatic carbocycles. The highest BCUT2D eigenvalue weighted by Gasteiger charge is 2.03. The lowest BCUT2D eigenvalue weighted by atomic mass is 10.5. The number of halogens is 2. The average Bonchev–Trinajstić information content (AvgIpc) is 2.52. The van der Waals surface area contributed by atoms with E-state index in [1.165, 1.54) is 6.33 Å². The average molecular weight is 238 g/mol. The molecule has 78 valence electrons. The van der Waals surface area contributed by atoms with Gasteiger partial charge in [-0.2, -0.15) is 4.98 Å². The standard InChI is InChI=1S/C6H7N5O.2ClH/c1-7-6-10-4-3(5(12)11-6)8-2-9-4;;/h2H,1H3,(H3,7,8,9,10,11,12);2*1H. The van der Waals surface area contributed by atoms with Gasteiger partial charge >= 0.3 is 0 Å². The maximum Gasteiger partial charge on any atom is 0.278 e. The molecule has 0 bridgehead atoms. The molecule has 0 unspecified atom stereocenters. The smallest absolute Gasteiger partial charge is 0.278 e. The summed E-state index contributed by atoms with van der Waals surface area (Å²) in [4.78, 5) is 24.3. The second-order valence-corrected chi connectivity index (χ2v) is 2.27. The Morgan fingerprint density at radius 2 is 2.14 bits per heavy atom. The Bertz CT molecular complexity index is 464. The minimum absolute atomic E-state index is 0. The van der Waals surface area contributed by atoms with Gasteiger partial charge in [0.25, 0.3) is 5.56 Å². The van der Waals surface area contributed by atoms with E-state index in [1.54, 1.807) is 7.05 Å². The van der Waals surface area contributed by atoms with Crippen LogP contribution in [0.5, 0.6) is 0 Å². The van der Waals surface area contributed by atoms with Crippen LogP contribution in [0.3, 0.4) is 0 Å². The number of fused-ring (bicyclic) bond motifs is 1. The quantitative estimate of drug-likeness (QED) is 0.676. The molecule has 3 N–H and O–H groups in total. The van der Waals surface area contributed by atoms with E-state index in [0.717, 1.165) is 0 Å². The molecule has 0 amide bonds. The molecule has 0 spiro atoms. The number of nitrogens with one attached hydrogen (secondary N) is 3. The van der Waals surface area contributed by atoms with Gasteiger partial charge in [0.05, 0.1) is 6.33 Å². The Labute approximate surface area is 91.4 Å². The van der Waals surface area contributed by atoms with E-state index in [1.807, 2.05) is 0 Å². The summed E-state index contributed by atoms with van der Waals surface area (Å²) in [6.45, 7) is 0. The molecule has 2 rings (SSSR count). The fraction of sp³-hybridized carbons (Fsp3) is 0.167. The van der Waals surface area contributed by atoms with E-state index >= 15 is 0 Å². The van der Waals surface area contributed by atoms with Gasteiger partial charge in [-0.25, -0.2) is 4.98 Å². The van der Waals surface area contributed by atoms with Crippen LogP contribution in [0.15, 0.2) is 11.1 Å². The monoisotopic (exact) mass is 237 g/mol. The van der Waals surface area contributed by atoms with Crippen LogP contribution >= 0.6 is 24.8 Å². The van der Waals surface area contributed by atoms with Crippen LogP contribution in [0.4, 0.5) is 5.95 Å². The molecule has 0 saturated heterocycles. The predicted molar refractivity (Wildman–Crippen MR) is 58.6 cm³/mol. The molecule has 8 heteroatoms. The minimum atomic E-state index is -0.221. The number of rotatable bonds is 1. The molecule has 0 fully saturated rings. The highest BCUT2D eigenvalue weighted by Crippen LogP contribution is 2.00. The van der Waals surface area contributed by atoms with Crippen molar-refractivity contribution in [2.24, 2.45) is 0 Å². The molecule has 0 saturated carbocycles. The van der Waals surface area contributed by atoms with Crippen LogP contribution in [0.2, 0.25) is 0 Å². The summed E-state index contributed by atoms with van der Waals surface area (Å²) in [6, 6.07) is 0. The molecule has 14 heavy (non-hydrogen) atoms. The van der Waals surface area contributed by atoms with Gasteiger partial charge in [0.15, 0.2) is 11.2 Å². The van der Waals surface area contributed by atoms with Crippen molar-refractivity contribution in [1.82, 2.24) is 19.9 Å². The summed E-state index contributed by atoms with van der Waals surface area (Å²) >= 11 is 0. The van der Waals surface area contributed by atoms with Crippen molar-refractivity contribution in [1.29, 1.82) is 0 Å². The normalized spacial score (nSPS) is 8.93. The van der Waals surface area contributed by atoms with Crippen LogP contribution < -0.4 is 10.9 Å². The number of hydrogen-bond acceptors (Lipinski definition) is 4. The minimum Gasteiger partial charge on any atom is -0.359 e. The third kappa shape index (κ3) is 1.97. The molecule has 6 nitrogen and oxygen atoms in total. The third-order valence-corrected chi connectivity index (χ3v) is 1.53. The molecule has 0 radical (unpaired) electrons. The van der Waals surface area contributed by atoms with Gasteiger partial charge in [-0.3, -0.25) is 9.78 Å². The first kappa shape index (κ1) is 12.7. The number of anilines is 1. The van der Waals surface area contributed by atoms with Crippen LogP contribution in [0, 0.1) is 0 Å². The number of imidazole rings is 1. The first-order valence-electron chi connectivity index (χ1n) is 3.42. The van der Waals surface area contributed by atoms with Crippen LogP contribution in [0.25, 0.3) is 11.2 Å². The maximum atomic E-state index is 11.2. The summed E-state index contributed by atoms with van der Waals surface area (Å²) in [5.74, 6) is 0.416. The van der Waals surface area contributed by atoms with Crippen LogP contribution in [-0.4, -0.2) is 27.0 Å². The number of aromatic amines is 2. The highest BCUT2D eigenvalue weighted by molar-refractivity contribution is 5.85. The number of H-pyrrole nitrogens is 2. The van der Waals surface area contributed by atoms with Gasteiger partial charge < -0.3 is 10.3 Å². The Hall–Kier alpha value is -1.27. The summed E-state index contributed by atoms with van der Waals surface area (Å²) < 4.78 is 0. The Kier molecular flexibility index (Phi) is 4.39. The SMILES string of the molecule is CNc1nc2nc[nH]c2c(=O)[nH]1.Cl.Cl. The summed E-state index contributed by atoms with van der Waals surface area (Å²) in [7, 11) is 1.68. The van der Waals surface area contributed by atoms with Crippen molar-refractivity contribution in [2.75, 3.05) is 12.4 Å². The zero-order chi connectivity index (χ0) is 8.55. The van der Waals surface area contributed by atoms with Crippen molar-refractivity contribution in [3.63, 3.8) is 0 Å². The van der Waals surface area contributed by atoms with Gasteiger partial charge in [0, 0.05) is 7.05 Å². The van der Waals surface area contributed by atoms with Crippen molar-refractivity contribution >= 4 is 41.9 Å². The number of hydrogen-bond donors (Lipinski definition) is 3. The predicted octanol–water partition coefficient (Wildman–Crippen LogP) is 0.531. The first-order valence-corrected chi connectivity index (χ1v) is 3.42. The second kappa shape index (κ2) is 4.83. The topological polar surface area (TPSA) is 86.5 Å². The molecule has 0 aromatic carbocycles. The van der Waals surface area contributed by atoms with Crippen molar-refractivity contribution < 1.29 is 0 Å². The number of nitrogens with zero attached hydrogens (tertiary/aromatic N) is 2. The van der Waals surface area contributed by atoms with E-state index in [0.29, 0.717) is 17.1 Å². The fourth-order valence-electron chi connectivity index (χ4n) is 0.961. The number of aromatic nitrogens is 4. The lowest BCUT2D eigenvalue weighted by molar-refractivity contribution is 1.14. The van der Waals surface area contributed by atoms with E-state index in [2.05, 4.69) is 25.3 Å². The molecule has 2 aromatic rings. The molecule has 2 heterocycles. The Balaban J connectivity index is 0.000000845. The molecule has 0 atom stereocenters. The zero-order valence-electron chi connectivity index (χ0n) is 7.20. The molecule has 0 aliphatic rings. The lowest BCUT2D eigenvalue weighted by Gasteiger charge is -1.95. The van der Waals surface area contributed by atoms with E-state index in [-0.39, 0.29) is 30.4 Å². The summed E-state index contributed by atoms with van der Waals surface area (Å²) in [5, 5.41) is 2.73. The van der Waals surface area contributed by atoms with Crippen LogP contribution in [0.1, 0.15) is 0 Å². The summed E-state index contributed by atoms with van der Waals surface area (Å²) in [6.07, 6.45) is 1.44. The molecule has 2 aromatic heterocycles. The molecular formula is C6H9Cl2N5O. The fourth-order valence-corrected chi connectivity index (χ4v) is 0.961. The van der Waals surface area contributed by atoms with Gasteiger partial charge in [0.2, 0.25) is 5.95 Å². The van der Waals surface area contributed by atoms with Crippen molar-refractivity contribution in [3.05, 3.63) is 16.7 Å². The lowest BCUT2D eigenvalue weighted by Crippen LogP contribution is -2.11. The van der Waals surface area contributed by atoms with Gasteiger partial charge in [-0.1, -0.05) is 0 Å². The van der Waals surface area contributed by atoms with Gasteiger partial charge in [0.1, 0.15) is 0 Å². The highest BCUT2D eigenvalue weighted by atomic mass is 35.5. The Morgan fingerprint density at radius 3 is 2.79 bits per heavy atom. The Morgan fingerprint density at radius 1 is 1.43 bits per heavy atom. The van der Waals surface area contributed by atoms with Crippen molar-refractivity contribution in [3.8, 4) is 0 Å². The maximum absolute atomic E-state index is 11.2. The van der Waals surface area contributed by atoms with Gasteiger partial charge in [-0.15, -0.1) is 24.8 Å². The van der Waals surface area contributed by atoms with Crippen molar-refractivity contribution in [2.45, 2.75) is 0 Å². The summed E-state index contributed by atoms with van der Waals surface area (Å²) in [5.41, 5.74) is 0.596. The zero-order valence-corrected chi connectivity index (χ0v) is 8.83. The second-order valence-electron chi connectivity index (χ2n) is 2.27.